The number of benzene rings is 1. The monoisotopic (exact) mass is 442 g/mol. The fourth-order valence-corrected chi connectivity index (χ4v) is 5.57. The first-order valence-electron chi connectivity index (χ1n) is 9.85. The smallest absolute Gasteiger partial charge is 0.162 e. The van der Waals surface area contributed by atoms with Crippen LogP contribution in [0.1, 0.15) is 29.3 Å². The van der Waals surface area contributed by atoms with E-state index in [9.17, 15) is 8.42 Å². The average molecular weight is 443 g/mol. The summed E-state index contributed by atoms with van der Waals surface area (Å²) >= 11 is 0. The zero-order valence-electron chi connectivity index (χ0n) is 18.4. The first-order chi connectivity index (χ1) is 14.2. The van der Waals surface area contributed by atoms with Crippen LogP contribution in [0.5, 0.6) is 0 Å². The number of rotatable bonds is 4. The highest BCUT2D eigenvalue weighted by Gasteiger charge is 2.26. The predicted molar refractivity (Wildman–Crippen MR) is 123 cm³/mol. The number of imidazole rings is 1. The number of aryl methyl sites for hydroxylation is 3. The molecule has 2 unspecified atom stereocenters. The molecule has 0 saturated carbocycles. The molecule has 0 saturated heterocycles. The largest absolute Gasteiger partial charge is 0.326 e. The fraction of sp³-hybridized carbons (Fsp3) is 0.364. The first-order valence-corrected chi connectivity index (χ1v) is 12.7. The lowest BCUT2D eigenvalue weighted by Gasteiger charge is -2.12. The zero-order valence-corrected chi connectivity index (χ0v) is 20.0. The molecule has 0 N–H and O–H groups in total. The van der Waals surface area contributed by atoms with Crippen molar-refractivity contribution in [3.05, 3.63) is 40.6 Å². The number of aromatic nitrogens is 4. The van der Waals surface area contributed by atoms with Crippen LogP contribution in [0.15, 0.2) is 28.0 Å². The minimum atomic E-state index is -1.21. The number of hydrogen-bond acceptors (Lipinski definition) is 4. The van der Waals surface area contributed by atoms with Gasteiger partial charge in [0.25, 0.3) is 0 Å². The maximum atomic E-state index is 13.2. The minimum Gasteiger partial charge on any atom is -0.326 e. The summed E-state index contributed by atoms with van der Waals surface area (Å²) in [7, 11) is -0.351. The Balaban J connectivity index is 2.12. The molecule has 3 aromatic heterocycles. The molecule has 30 heavy (non-hydrogen) atoms. The average Bonchev–Trinajstić information content (AvgIpc) is 3.28. The molecule has 4 rings (SSSR count). The highest BCUT2D eigenvalue weighted by atomic mass is 32.2. The van der Waals surface area contributed by atoms with Crippen molar-refractivity contribution in [1.29, 1.82) is 0 Å². The van der Waals surface area contributed by atoms with Crippen LogP contribution in [0.25, 0.3) is 28.1 Å². The van der Waals surface area contributed by atoms with Gasteiger partial charge in [-0.05, 0) is 62.6 Å². The van der Waals surface area contributed by atoms with Crippen molar-refractivity contribution in [2.75, 3.05) is 12.0 Å². The second-order valence-corrected chi connectivity index (χ2v) is 10.7. The van der Waals surface area contributed by atoms with Crippen LogP contribution in [0.4, 0.5) is 0 Å². The highest BCUT2D eigenvalue weighted by molar-refractivity contribution is 7.85. The third-order valence-electron chi connectivity index (χ3n) is 6.07. The van der Waals surface area contributed by atoms with Crippen LogP contribution in [-0.4, -0.2) is 39.6 Å². The third-order valence-corrected chi connectivity index (χ3v) is 8.35. The Morgan fingerprint density at radius 3 is 2.37 bits per heavy atom. The second-order valence-electron chi connectivity index (χ2n) is 7.63. The van der Waals surface area contributed by atoms with Crippen molar-refractivity contribution in [2.45, 2.75) is 44.4 Å². The molecular weight excluding hydrogens is 416 g/mol. The molecule has 0 aliphatic carbocycles. The SMILES string of the molecule is CCS(=O)c1c(-c2nc3cc(S(C)=O)ccc3n2C)nn2c(C)c(C)c(C)c(C)c12. The molecule has 1 aromatic carbocycles. The summed E-state index contributed by atoms with van der Waals surface area (Å²) in [5.41, 5.74) is 7.74. The van der Waals surface area contributed by atoms with E-state index in [4.69, 9.17) is 10.1 Å². The number of hydrogen-bond donors (Lipinski definition) is 0. The number of fused-ring (bicyclic) bond motifs is 2. The molecule has 0 aliphatic rings. The van der Waals surface area contributed by atoms with Gasteiger partial charge in [0.05, 0.1) is 32.2 Å². The Bertz CT molecular complexity index is 1380. The Morgan fingerprint density at radius 1 is 1.03 bits per heavy atom. The van der Waals surface area contributed by atoms with Crippen molar-refractivity contribution < 1.29 is 8.42 Å². The molecule has 6 nitrogen and oxygen atoms in total. The lowest BCUT2D eigenvalue weighted by molar-refractivity contribution is 0.684. The standard InChI is InChI=1S/C22H26N4O2S2/c1-8-30(28)21-19(24-26-15(5)13(3)12(2)14(4)20(21)26)22-23-17-11-16(29(7)27)9-10-18(17)25(22)6/h9-11H,8H2,1-7H3. The van der Waals surface area contributed by atoms with E-state index in [1.165, 1.54) is 11.1 Å². The molecule has 0 bridgehead atoms. The summed E-state index contributed by atoms with van der Waals surface area (Å²) in [4.78, 5) is 6.29. The van der Waals surface area contributed by atoms with E-state index >= 15 is 0 Å². The van der Waals surface area contributed by atoms with Crippen molar-refractivity contribution in [1.82, 2.24) is 19.2 Å². The van der Waals surface area contributed by atoms with Crippen LogP contribution in [0.2, 0.25) is 0 Å². The molecule has 0 radical (unpaired) electrons. The highest BCUT2D eigenvalue weighted by Crippen LogP contribution is 2.35. The van der Waals surface area contributed by atoms with E-state index in [-0.39, 0.29) is 0 Å². The van der Waals surface area contributed by atoms with E-state index in [0.717, 1.165) is 37.6 Å². The summed E-state index contributed by atoms with van der Waals surface area (Å²) in [6.07, 6.45) is 1.66. The van der Waals surface area contributed by atoms with Gasteiger partial charge in [-0.2, -0.15) is 5.10 Å². The predicted octanol–water partition coefficient (Wildman–Crippen LogP) is 3.99. The van der Waals surface area contributed by atoms with Gasteiger partial charge in [0, 0.05) is 40.4 Å². The number of nitrogens with zero attached hydrogens (tertiary/aromatic N) is 4. The van der Waals surface area contributed by atoms with E-state index < -0.39 is 21.6 Å². The number of pyridine rings is 1. The fourth-order valence-electron chi connectivity index (χ4n) is 3.94. The molecule has 3 heterocycles. The Labute approximate surface area is 181 Å². The van der Waals surface area contributed by atoms with Gasteiger partial charge in [-0.25, -0.2) is 9.50 Å². The lowest BCUT2D eigenvalue weighted by Crippen LogP contribution is -2.03. The van der Waals surface area contributed by atoms with Crippen molar-refractivity contribution in [3.8, 4) is 11.5 Å². The van der Waals surface area contributed by atoms with Crippen LogP contribution < -0.4 is 0 Å². The topological polar surface area (TPSA) is 69.3 Å². The Kier molecular flexibility index (Phi) is 5.18. The zero-order chi connectivity index (χ0) is 21.9. The molecule has 0 aliphatic heterocycles. The third kappa shape index (κ3) is 2.96. The Hall–Kier alpha value is -2.32. The van der Waals surface area contributed by atoms with Gasteiger partial charge in [0.15, 0.2) is 5.82 Å². The summed E-state index contributed by atoms with van der Waals surface area (Å²) in [5, 5.41) is 4.91. The van der Waals surface area contributed by atoms with Crippen LogP contribution in [0, 0.1) is 27.7 Å². The quantitative estimate of drug-likeness (QED) is 0.479. The van der Waals surface area contributed by atoms with Gasteiger partial charge in [-0.1, -0.05) is 6.92 Å². The lowest BCUT2D eigenvalue weighted by atomic mass is 10.0. The molecule has 0 fully saturated rings. The van der Waals surface area contributed by atoms with Crippen molar-refractivity contribution in [2.24, 2.45) is 7.05 Å². The maximum Gasteiger partial charge on any atom is 0.162 e. The second kappa shape index (κ2) is 7.42. The summed E-state index contributed by atoms with van der Waals surface area (Å²) in [6, 6.07) is 5.64. The Morgan fingerprint density at radius 2 is 1.73 bits per heavy atom. The van der Waals surface area contributed by atoms with E-state index in [1.54, 1.807) is 6.26 Å². The molecule has 0 amide bonds. The normalized spacial score (nSPS) is 14.0. The van der Waals surface area contributed by atoms with E-state index in [0.29, 0.717) is 17.3 Å². The maximum absolute atomic E-state index is 13.2. The summed E-state index contributed by atoms with van der Waals surface area (Å²) < 4.78 is 29.0. The van der Waals surface area contributed by atoms with Gasteiger partial charge in [0.1, 0.15) is 5.69 Å². The van der Waals surface area contributed by atoms with Gasteiger partial charge < -0.3 is 4.57 Å². The molecule has 0 spiro atoms. The van der Waals surface area contributed by atoms with Gasteiger partial charge in [-0.15, -0.1) is 0 Å². The van der Waals surface area contributed by atoms with Crippen LogP contribution in [0.3, 0.4) is 0 Å². The van der Waals surface area contributed by atoms with Gasteiger partial charge >= 0.3 is 0 Å². The van der Waals surface area contributed by atoms with Crippen molar-refractivity contribution in [3.63, 3.8) is 0 Å². The van der Waals surface area contributed by atoms with E-state index in [1.807, 2.05) is 48.2 Å². The molecular formula is C22H26N4O2S2. The van der Waals surface area contributed by atoms with Gasteiger partial charge in [-0.3, -0.25) is 8.42 Å². The van der Waals surface area contributed by atoms with Crippen LogP contribution >= 0.6 is 0 Å². The molecule has 4 aromatic rings. The molecule has 2 atom stereocenters. The van der Waals surface area contributed by atoms with Gasteiger partial charge in [0.2, 0.25) is 0 Å². The molecule has 158 valence electrons. The minimum absolute atomic E-state index is 0.503. The summed E-state index contributed by atoms with van der Waals surface area (Å²) in [6.45, 7) is 10.2. The van der Waals surface area contributed by atoms with E-state index in [2.05, 4.69) is 20.8 Å². The summed E-state index contributed by atoms with van der Waals surface area (Å²) in [5.74, 6) is 1.17. The van der Waals surface area contributed by atoms with Crippen LogP contribution in [-0.2, 0) is 28.6 Å². The first kappa shape index (κ1) is 20.9. The molecule has 8 heteroatoms. The van der Waals surface area contributed by atoms with Crippen molar-refractivity contribution >= 4 is 38.1 Å².